The Morgan fingerprint density at radius 3 is 2.67 bits per heavy atom. The number of carbonyl (C=O) groups excluding carboxylic acids is 2. The molecule has 0 radical (unpaired) electrons. The lowest BCUT2D eigenvalue weighted by Gasteiger charge is -2.38. The van der Waals surface area contributed by atoms with Crippen LogP contribution in [0.4, 0.5) is 0 Å². The Kier molecular flexibility index (Phi) is 4.64. The van der Waals surface area contributed by atoms with E-state index in [1.54, 1.807) is 12.1 Å². The number of Topliss-reactive ketones (excluding diaryl/α,β-unsaturated/α-hetero) is 2. The van der Waals surface area contributed by atoms with Gasteiger partial charge in [0.15, 0.2) is 12.4 Å². The number of aliphatic carboxylic acids is 1. The number of allylic oxidation sites excluding steroid dienone is 2. The third kappa shape index (κ3) is 3.20. The molecule has 0 spiro atoms. The van der Waals surface area contributed by atoms with Crippen LogP contribution in [0, 0.1) is 5.92 Å². The molecule has 6 nitrogen and oxygen atoms in total. The lowest BCUT2D eigenvalue weighted by atomic mass is 9.67. The molecule has 2 atom stereocenters. The monoisotopic (exact) mass is 367 g/mol. The number of hydrogen-bond acceptors (Lipinski definition) is 5. The van der Waals surface area contributed by atoms with Gasteiger partial charge in [-0.1, -0.05) is 18.2 Å². The van der Waals surface area contributed by atoms with Crippen molar-refractivity contribution in [2.45, 2.75) is 44.4 Å². The summed E-state index contributed by atoms with van der Waals surface area (Å²) in [6, 6.07) is 7.12. The van der Waals surface area contributed by atoms with Gasteiger partial charge in [-0.15, -0.1) is 0 Å². The quantitative estimate of drug-likeness (QED) is 0.883. The summed E-state index contributed by atoms with van der Waals surface area (Å²) in [7, 11) is 0. The Hall–Kier alpha value is -2.76. The zero-order valence-electron chi connectivity index (χ0n) is 14.9. The van der Waals surface area contributed by atoms with Crippen molar-refractivity contribution in [3.8, 4) is 5.75 Å². The zero-order chi connectivity index (χ0) is 19.0. The van der Waals surface area contributed by atoms with Crippen molar-refractivity contribution in [3.63, 3.8) is 0 Å². The molecule has 1 N–H and O–H groups in total. The fraction of sp³-hybridized carbons (Fsp3) is 0.429. The van der Waals surface area contributed by atoms with Crippen LogP contribution in [0.3, 0.4) is 0 Å². The van der Waals surface area contributed by atoms with E-state index in [2.05, 4.69) is 0 Å². The summed E-state index contributed by atoms with van der Waals surface area (Å²) in [5.74, 6) is -1.40. The number of rotatable bonds is 4. The number of carbonyl (C=O) groups is 3. The smallest absolute Gasteiger partial charge is 0.341 e. The molecule has 1 aliphatic heterocycles. The average Bonchev–Trinajstić information content (AvgIpc) is 2.65. The van der Waals surface area contributed by atoms with Crippen molar-refractivity contribution in [1.82, 2.24) is 0 Å². The first-order chi connectivity index (χ1) is 13.1. The maximum atomic E-state index is 12.8. The molecule has 0 bridgehead atoms. The first-order valence-corrected chi connectivity index (χ1v) is 9.36. The van der Waals surface area contributed by atoms with Crippen molar-refractivity contribution in [2.75, 3.05) is 6.61 Å². The summed E-state index contributed by atoms with van der Waals surface area (Å²) in [6.07, 6.45) is 4.00. The molecule has 3 aliphatic rings. The number of ketones is 2. The molecule has 0 unspecified atom stereocenters. The molecule has 140 valence electrons. The van der Waals surface area contributed by atoms with Crippen LogP contribution < -0.4 is 4.74 Å². The van der Waals surface area contributed by atoms with Crippen LogP contribution in [-0.2, 0) is 14.4 Å². The number of carboxylic acids is 1. The van der Waals surface area contributed by atoms with Gasteiger partial charge < -0.3 is 9.84 Å². The molecular weight excluding hydrogens is 346 g/mol. The zero-order valence-corrected chi connectivity index (χ0v) is 14.9. The summed E-state index contributed by atoms with van der Waals surface area (Å²) < 4.78 is 5.50. The molecule has 1 aromatic carbocycles. The predicted octanol–water partition coefficient (Wildman–Crippen LogP) is 3.06. The summed E-state index contributed by atoms with van der Waals surface area (Å²) in [6.45, 7) is -0.469. The number of carboxylic acid groups (broad SMARTS) is 1. The van der Waals surface area contributed by atoms with Crippen molar-refractivity contribution < 1.29 is 24.2 Å². The van der Waals surface area contributed by atoms with Gasteiger partial charge in [-0.2, -0.15) is 0 Å². The summed E-state index contributed by atoms with van der Waals surface area (Å²) in [5.41, 5.74) is 2.98. The van der Waals surface area contributed by atoms with Crippen LogP contribution in [-0.4, -0.2) is 35.0 Å². The minimum Gasteiger partial charge on any atom is -0.482 e. The Bertz CT molecular complexity index is 882. The van der Waals surface area contributed by atoms with E-state index in [4.69, 9.17) is 14.8 Å². The molecular formula is C21H21NO5. The van der Waals surface area contributed by atoms with Gasteiger partial charge in [0.25, 0.3) is 0 Å². The number of aliphatic imine (C=N–C) groups is 1. The molecule has 1 saturated carbocycles. The number of hydrogen-bond donors (Lipinski definition) is 1. The van der Waals surface area contributed by atoms with E-state index in [0.717, 1.165) is 37.1 Å². The average molecular weight is 367 g/mol. The molecule has 1 fully saturated rings. The standard InChI is InChI=1S/C21H21NO5/c23-15-8-3-6-13-20(15)19(21-14(22-13)7-4-9-16(21)24)12-5-1-2-10-17(12)27-11-18(25)26/h1-2,5,10,19-20H,3-4,6-9,11H2,(H,25,26)/t19-,20+/m1/s1. The lowest BCUT2D eigenvalue weighted by molar-refractivity contribution is -0.139. The largest absolute Gasteiger partial charge is 0.482 e. The first kappa shape index (κ1) is 17.6. The van der Waals surface area contributed by atoms with E-state index in [1.165, 1.54) is 0 Å². The molecule has 2 aliphatic carbocycles. The van der Waals surface area contributed by atoms with Gasteiger partial charge in [0.05, 0.1) is 5.92 Å². The van der Waals surface area contributed by atoms with Gasteiger partial charge in [-0.05, 0) is 31.7 Å². The van der Waals surface area contributed by atoms with Crippen LogP contribution >= 0.6 is 0 Å². The van der Waals surface area contributed by atoms with Crippen LogP contribution in [0.2, 0.25) is 0 Å². The number of benzene rings is 1. The van der Waals surface area contributed by atoms with Gasteiger partial charge in [0.1, 0.15) is 11.5 Å². The van der Waals surface area contributed by atoms with E-state index in [-0.39, 0.29) is 11.6 Å². The summed E-state index contributed by atoms with van der Waals surface area (Å²) >= 11 is 0. The van der Waals surface area contributed by atoms with Crippen molar-refractivity contribution >= 4 is 23.2 Å². The molecule has 1 aromatic rings. The normalized spacial score (nSPS) is 24.8. The van der Waals surface area contributed by atoms with Gasteiger partial charge in [-0.25, -0.2) is 4.79 Å². The number of fused-ring (bicyclic) bond motifs is 1. The maximum absolute atomic E-state index is 12.8. The van der Waals surface area contributed by atoms with Crippen molar-refractivity contribution in [3.05, 3.63) is 41.1 Å². The van der Waals surface area contributed by atoms with Crippen LogP contribution in [0.1, 0.15) is 50.0 Å². The highest BCUT2D eigenvalue weighted by molar-refractivity contribution is 6.12. The minimum atomic E-state index is -1.07. The number of para-hydroxylation sites is 1. The molecule has 0 amide bonds. The third-order valence-electron chi connectivity index (χ3n) is 5.52. The Morgan fingerprint density at radius 2 is 1.85 bits per heavy atom. The SMILES string of the molecule is O=C(O)COc1ccccc1[C@H]1C2=C(CCCC2=O)N=C2CCCC(=O)[C@H]21. The van der Waals surface area contributed by atoms with E-state index in [1.807, 2.05) is 12.1 Å². The van der Waals surface area contributed by atoms with E-state index >= 15 is 0 Å². The van der Waals surface area contributed by atoms with E-state index in [9.17, 15) is 14.4 Å². The second kappa shape index (κ2) is 7.10. The van der Waals surface area contributed by atoms with Crippen LogP contribution in [0.15, 0.2) is 40.5 Å². The summed E-state index contributed by atoms with van der Waals surface area (Å²) in [4.78, 5) is 41.3. The number of ether oxygens (including phenoxy) is 1. The highest BCUT2D eigenvalue weighted by atomic mass is 16.5. The Morgan fingerprint density at radius 1 is 1.07 bits per heavy atom. The lowest BCUT2D eigenvalue weighted by Crippen LogP contribution is -2.39. The topological polar surface area (TPSA) is 93.0 Å². The van der Waals surface area contributed by atoms with Crippen LogP contribution in [0.25, 0.3) is 0 Å². The first-order valence-electron chi connectivity index (χ1n) is 9.36. The highest BCUT2D eigenvalue weighted by Crippen LogP contribution is 2.48. The Balaban J connectivity index is 1.85. The van der Waals surface area contributed by atoms with Gasteiger partial charge >= 0.3 is 5.97 Å². The van der Waals surface area contributed by atoms with E-state index in [0.29, 0.717) is 29.7 Å². The summed E-state index contributed by atoms with van der Waals surface area (Å²) in [5, 5.41) is 8.97. The second-order valence-corrected chi connectivity index (χ2v) is 7.24. The maximum Gasteiger partial charge on any atom is 0.341 e. The number of nitrogens with zero attached hydrogens (tertiary/aromatic N) is 1. The fourth-order valence-corrected chi connectivity index (χ4v) is 4.44. The van der Waals surface area contributed by atoms with E-state index < -0.39 is 24.4 Å². The molecule has 0 aromatic heterocycles. The second-order valence-electron chi connectivity index (χ2n) is 7.24. The molecule has 1 heterocycles. The van der Waals surface area contributed by atoms with Gasteiger partial charge in [-0.3, -0.25) is 14.6 Å². The van der Waals surface area contributed by atoms with Crippen molar-refractivity contribution in [1.29, 1.82) is 0 Å². The third-order valence-corrected chi connectivity index (χ3v) is 5.52. The highest BCUT2D eigenvalue weighted by Gasteiger charge is 2.45. The van der Waals surface area contributed by atoms with Gasteiger partial charge in [0.2, 0.25) is 0 Å². The van der Waals surface area contributed by atoms with Crippen LogP contribution in [0.5, 0.6) is 5.75 Å². The Labute approximate surface area is 156 Å². The predicted molar refractivity (Wildman–Crippen MR) is 98.0 cm³/mol. The van der Waals surface area contributed by atoms with Gasteiger partial charge in [0, 0.05) is 41.3 Å². The molecule has 0 saturated heterocycles. The van der Waals surface area contributed by atoms with Crippen molar-refractivity contribution in [2.24, 2.45) is 10.9 Å². The molecule has 6 heteroatoms. The fourth-order valence-electron chi connectivity index (χ4n) is 4.44. The molecule has 27 heavy (non-hydrogen) atoms. The minimum absolute atomic E-state index is 0.0375. The molecule has 4 rings (SSSR count).